The number of nitrogens with one attached hydrogen (secondary N) is 2. The summed E-state index contributed by atoms with van der Waals surface area (Å²) in [6.07, 6.45) is -0.360. The maximum atomic E-state index is 13.1. The summed E-state index contributed by atoms with van der Waals surface area (Å²) in [7, 11) is -4.35. The van der Waals surface area contributed by atoms with Gasteiger partial charge in [0, 0.05) is 12.5 Å². The number of aromatic hydroxyl groups is 1. The minimum absolute atomic E-state index is 0.108. The van der Waals surface area contributed by atoms with E-state index in [1.54, 1.807) is 4.98 Å². The van der Waals surface area contributed by atoms with Crippen molar-refractivity contribution >= 4 is 39.0 Å². The van der Waals surface area contributed by atoms with Crippen molar-refractivity contribution < 1.29 is 31.8 Å². The molecule has 3 N–H and O–H groups in total. The number of aromatic nitrogens is 3. The molecule has 2 fully saturated rings. The van der Waals surface area contributed by atoms with E-state index in [1.165, 1.54) is 6.07 Å². The van der Waals surface area contributed by atoms with Crippen LogP contribution in [-0.2, 0) is 14.8 Å². The number of hydrogen-bond acceptors (Lipinski definition) is 8. The van der Waals surface area contributed by atoms with Gasteiger partial charge in [-0.3, -0.25) is 14.6 Å². The molecule has 0 saturated heterocycles. The number of phenolic OH excluding ortho intramolecular Hbond substituents is 1. The molecule has 16 heteroatoms. The number of benzene rings is 2. The summed E-state index contributed by atoms with van der Waals surface area (Å²) in [5.74, 6) is -0.787. The Morgan fingerprint density at radius 3 is 2.42 bits per heavy atom. The lowest BCUT2D eigenvalue weighted by atomic mass is 10.1. The summed E-state index contributed by atoms with van der Waals surface area (Å²) in [4.78, 5) is 37.6. The van der Waals surface area contributed by atoms with Gasteiger partial charge in [-0.15, -0.1) is 0 Å². The minimum Gasteiger partial charge on any atom is -0.507 e. The molecule has 40 heavy (non-hydrogen) atoms. The first kappa shape index (κ1) is 28.2. The number of hydrogen-bond donors (Lipinski definition) is 3. The quantitative estimate of drug-likeness (QED) is 0.309. The molecule has 212 valence electrons. The summed E-state index contributed by atoms with van der Waals surface area (Å²) in [5.41, 5.74) is -5.03. The molecule has 0 aliphatic heterocycles. The van der Waals surface area contributed by atoms with Crippen molar-refractivity contribution in [1.29, 1.82) is 0 Å². The highest BCUT2D eigenvalue weighted by Crippen LogP contribution is 2.44. The molecule has 0 amide bonds. The van der Waals surface area contributed by atoms with E-state index in [9.17, 15) is 36.7 Å². The van der Waals surface area contributed by atoms with Crippen molar-refractivity contribution in [3.8, 4) is 22.9 Å². The lowest BCUT2D eigenvalue weighted by Crippen LogP contribution is -2.43. The zero-order valence-electron chi connectivity index (χ0n) is 20.3. The maximum absolute atomic E-state index is 13.1. The van der Waals surface area contributed by atoms with Crippen molar-refractivity contribution in [2.45, 2.75) is 49.0 Å². The molecule has 0 unspecified atom stereocenters. The first-order valence-electron chi connectivity index (χ1n) is 11.9. The fraction of sp³-hybridized carbons (Fsp3) is 0.333. The van der Waals surface area contributed by atoms with Gasteiger partial charge in [0.1, 0.15) is 16.4 Å². The Labute approximate surface area is 234 Å². The molecule has 0 atom stereocenters. The third kappa shape index (κ3) is 5.61. The Bertz CT molecular complexity index is 1730. The lowest BCUT2D eigenvalue weighted by molar-refractivity contribution is -0.121. The van der Waals surface area contributed by atoms with E-state index in [0.717, 1.165) is 37.1 Å². The average Bonchev–Trinajstić information content (AvgIpc) is 3.79. The molecular weight excluding hydrogens is 597 g/mol. The smallest absolute Gasteiger partial charge is 0.349 e. The summed E-state index contributed by atoms with van der Waals surface area (Å²) < 4.78 is 61.0. The number of ketones is 1. The van der Waals surface area contributed by atoms with Crippen LogP contribution < -0.4 is 20.7 Å². The molecule has 1 heterocycles. The molecule has 11 nitrogen and oxygen atoms in total. The van der Waals surface area contributed by atoms with Crippen LogP contribution in [0.4, 0.5) is 8.78 Å². The molecular formula is C24H20Cl2F2N4O7S. The molecule has 2 saturated carbocycles. The second-order valence-corrected chi connectivity index (χ2v) is 12.1. The number of alkyl halides is 2. The van der Waals surface area contributed by atoms with Gasteiger partial charge >= 0.3 is 5.69 Å². The number of sulfonamides is 1. The first-order valence-corrected chi connectivity index (χ1v) is 14.1. The number of phenols is 1. The second kappa shape index (κ2) is 10.3. The zero-order chi connectivity index (χ0) is 29.0. The maximum Gasteiger partial charge on any atom is 0.349 e. The van der Waals surface area contributed by atoms with Crippen LogP contribution in [0.15, 0.2) is 44.8 Å². The van der Waals surface area contributed by atoms with E-state index in [1.807, 2.05) is 0 Å². The van der Waals surface area contributed by atoms with Crippen LogP contribution in [0.25, 0.3) is 5.69 Å². The van der Waals surface area contributed by atoms with Gasteiger partial charge in [-0.05, 0) is 55.9 Å². The monoisotopic (exact) mass is 616 g/mol. The Hall–Kier alpha value is -3.33. The van der Waals surface area contributed by atoms with E-state index < -0.39 is 49.6 Å². The number of ether oxygens (including phenoxy) is 1. The van der Waals surface area contributed by atoms with Gasteiger partial charge in [0.2, 0.25) is 10.0 Å². The molecule has 2 aliphatic carbocycles. The van der Waals surface area contributed by atoms with Crippen LogP contribution in [0.3, 0.4) is 0 Å². The second-order valence-electron chi connectivity index (χ2n) is 9.59. The predicted octanol–water partition coefficient (Wildman–Crippen LogP) is 3.84. The van der Waals surface area contributed by atoms with E-state index in [2.05, 4.69) is 9.82 Å². The van der Waals surface area contributed by atoms with Crippen molar-refractivity contribution in [3.05, 3.63) is 66.9 Å². The molecule has 3 aromatic rings. The third-order valence-electron chi connectivity index (χ3n) is 6.51. The Balaban J connectivity index is 1.42. The molecule has 2 aromatic carbocycles. The number of rotatable bonds is 10. The Morgan fingerprint density at radius 2 is 1.85 bits per heavy atom. The van der Waals surface area contributed by atoms with Crippen LogP contribution in [0.5, 0.6) is 17.2 Å². The highest BCUT2D eigenvalue weighted by Gasteiger charge is 2.53. The van der Waals surface area contributed by atoms with E-state index in [0.29, 0.717) is 23.9 Å². The fourth-order valence-corrected chi connectivity index (χ4v) is 6.15. The molecule has 0 radical (unpaired) electrons. The van der Waals surface area contributed by atoms with Crippen molar-refractivity contribution in [1.82, 2.24) is 19.5 Å². The lowest BCUT2D eigenvalue weighted by Gasteiger charge is -2.18. The number of carbonyl (C=O) groups excluding carboxylic acids is 1. The number of nitrogens with zero attached hydrogens (tertiary/aromatic N) is 2. The van der Waals surface area contributed by atoms with Crippen molar-refractivity contribution in [2.24, 2.45) is 5.92 Å². The first-order chi connectivity index (χ1) is 18.8. The highest BCUT2D eigenvalue weighted by atomic mass is 35.5. The number of carbonyl (C=O) groups is 1. The molecule has 1 aromatic heterocycles. The zero-order valence-corrected chi connectivity index (χ0v) is 22.6. The average molecular weight is 617 g/mol. The van der Waals surface area contributed by atoms with Gasteiger partial charge in [-0.25, -0.2) is 22.0 Å². The normalized spacial score (nSPS) is 16.2. The summed E-state index contributed by atoms with van der Waals surface area (Å²) in [6, 6.07) is 5.53. The molecule has 5 rings (SSSR count). The highest BCUT2D eigenvalue weighted by molar-refractivity contribution is 7.89. The number of H-pyrrole nitrogens is 1. The predicted molar refractivity (Wildman–Crippen MR) is 138 cm³/mol. The van der Waals surface area contributed by atoms with E-state index in [4.69, 9.17) is 27.9 Å². The van der Waals surface area contributed by atoms with Crippen LogP contribution in [-0.4, -0.2) is 39.6 Å². The molecule has 2 aliphatic rings. The van der Waals surface area contributed by atoms with Crippen LogP contribution in [0.2, 0.25) is 10.0 Å². The van der Waals surface area contributed by atoms with Gasteiger partial charge in [0.25, 0.3) is 12.0 Å². The van der Waals surface area contributed by atoms with Gasteiger partial charge in [0.15, 0.2) is 17.2 Å². The number of aromatic amines is 1. The van der Waals surface area contributed by atoms with Gasteiger partial charge in [0.05, 0.1) is 21.3 Å². The van der Waals surface area contributed by atoms with Crippen LogP contribution in [0, 0.1) is 5.92 Å². The van der Waals surface area contributed by atoms with Crippen LogP contribution in [0.1, 0.15) is 44.2 Å². The fourth-order valence-electron chi connectivity index (χ4n) is 4.04. The molecule has 0 bridgehead atoms. The van der Waals surface area contributed by atoms with E-state index in [-0.39, 0.29) is 38.9 Å². The van der Waals surface area contributed by atoms with Crippen molar-refractivity contribution in [2.75, 3.05) is 0 Å². The van der Waals surface area contributed by atoms with E-state index >= 15 is 0 Å². The number of halogens is 4. The molecule has 0 spiro atoms. The minimum atomic E-state index is -4.35. The summed E-state index contributed by atoms with van der Waals surface area (Å²) >= 11 is 12.5. The largest absolute Gasteiger partial charge is 0.507 e. The van der Waals surface area contributed by atoms with Gasteiger partial charge in [-0.2, -0.15) is 14.5 Å². The summed E-state index contributed by atoms with van der Waals surface area (Å²) in [5, 5.41) is 13.2. The Kier molecular flexibility index (Phi) is 7.23. The number of Topliss-reactive ketones (excluding diaryl/α,β-unsaturated/α-hetero) is 1. The Morgan fingerprint density at radius 1 is 1.20 bits per heavy atom. The SMILES string of the molecule is O=C(CC1CC1)C1(NS(=O)(=O)c2cc(Oc3c(Cl)cc(-n4nc(C(F)F)c(=O)[nH]c4=O)cc3Cl)ccc2O)CC1. The van der Waals surface area contributed by atoms with Crippen LogP contribution >= 0.6 is 23.2 Å². The third-order valence-corrected chi connectivity index (χ3v) is 8.64. The van der Waals surface area contributed by atoms with Gasteiger partial charge < -0.3 is 9.84 Å². The standard InChI is InChI=1S/C24H20Cl2F2N4O7S/c25-14-8-12(32-23(36)29-22(35)19(30-32)21(27)28)9-15(26)20(14)39-13-3-4-16(33)17(10-13)40(37,38)31-24(5-6-24)18(34)7-11-1-2-11/h3-4,8-11,21,31,33H,1-2,5-7H2,(H,29,35,36). The topological polar surface area (TPSA) is 160 Å². The summed E-state index contributed by atoms with van der Waals surface area (Å²) in [6.45, 7) is 0. The van der Waals surface area contributed by atoms with Crippen molar-refractivity contribution in [3.63, 3.8) is 0 Å². The van der Waals surface area contributed by atoms with Gasteiger partial charge in [-0.1, -0.05) is 23.2 Å².